The molecule has 1 radical (unpaired) electrons. The zero-order valence-electron chi connectivity index (χ0n) is 6.23. The van der Waals surface area contributed by atoms with Gasteiger partial charge in [0.05, 0.1) is 0 Å². The van der Waals surface area contributed by atoms with Gasteiger partial charge in [0.15, 0.2) is 0 Å². The summed E-state index contributed by atoms with van der Waals surface area (Å²) in [6.07, 6.45) is 0. The normalized spacial score (nSPS) is 6.75. The summed E-state index contributed by atoms with van der Waals surface area (Å²) >= 11 is 0. The first kappa shape index (κ1) is 16.1. The van der Waals surface area contributed by atoms with Crippen LogP contribution in [0.25, 0.3) is 0 Å². The van der Waals surface area contributed by atoms with E-state index in [2.05, 4.69) is 20.8 Å². The molecule has 0 aliphatic rings. The summed E-state index contributed by atoms with van der Waals surface area (Å²) in [4.78, 5) is 0. The molecule has 1 nitrogen and oxygen atoms in total. The monoisotopic (exact) mass is 242 g/mol. The molecule has 0 aliphatic carbocycles. The minimum absolute atomic E-state index is 0. The Morgan fingerprint density at radius 2 is 1.25 bits per heavy atom. The predicted molar refractivity (Wildman–Crippen MR) is 33.0 cm³/mol. The van der Waals surface area contributed by atoms with Crippen molar-refractivity contribution in [2.24, 2.45) is 0 Å². The van der Waals surface area contributed by atoms with Crippen LogP contribution in [-0.4, -0.2) is 11.7 Å². The summed E-state index contributed by atoms with van der Waals surface area (Å²) in [5, 5.41) is 7.57. The molecular weight excluding hydrogens is 227 g/mol. The third kappa shape index (κ3) is 203. The summed E-state index contributed by atoms with van der Waals surface area (Å²) in [5.41, 5.74) is 0. The van der Waals surface area contributed by atoms with E-state index in [9.17, 15) is 0 Å². The molecule has 0 saturated heterocycles. The topological polar surface area (TPSA) is 20.2 Å². The van der Waals surface area contributed by atoms with Gasteiger partial charge < -0.3 is 11.0 Å². The van der Waals surface area contributed by atoms with Crippen LogP contribution in [0.5, 0.6) is 0 Å². The van der Waals surface area contributed by atoms with E-state index < -0.39 is 0 Å². The van der Waals surface area contributed by atoms with Gasteiger partial charge in [0.25, 0.3) is 0 Å². The fourth-order valence-electron chi connectivity index (χ4n) is 0. The fraction of sp³-hybridized carbons (Fsp3) is 0.833. The van der Waals surface area contributed by atoms with Crippen LogP contribution < -0.4 is 0 Å². The number of rotatable bonds is 0. The molecule has 0 aromatic carbocycles. The molecule has 49 valence electrons. The van der Waals surface area contributed by atoms with Gasteiger partial charge in [-0.2, -0.15) is 20.8 Å². The van der Waals surface area contributed by atoms with Gasteiger partial charge in [-0.15, -0.1) is 0 Å². The van der Waals surface area contributed by atoms with Crippen molar-refractivity contribution in [1.82, 2.24) is 0 Å². The molecule has 0 aromatic heterocycles. The van der Waals surface area contributed by atoms with Crippen molar-refractivity contribution in [3.63, 3.8) is 0 Å². The average Bonchev–Trinajstić information content (AvgIpc) is 1.33. The zero-order chi connectivity index (χ0) is 6.28. The maximum atomic E-state index is 7.57. The Labute approximate surface area is 80.5 Å². The SMILES string of the molecule is CCO.C[C-](C)C.[La]. The zero-order valence-corrected chi connectivity index (χ0v) is 9.86. The molecule has 1 N–H and O–H groups in total. The summed E-state index contributed by atoms with van der Waals surface area (Å²) in [6.45, 7) is 8.18. The van der Waals surface area contributed by atoms with Crippen molar-refractivity contribution in [3.05, 3.63) is 5.92 Å². The third-order valence-corrected chi connectivity index (χ3v) is 0. The standard InChI is InChI=1S/C4H9.C2H6O.La/c1-4(2)3;1-2-3;/h1-3H3;3H,2H2,1H3;/q-1;;. The summed E-state index contributed by atoms with van der Waals surface area (Å²) in [6, 6.07) is 0. The Hall–Kier alpha value is 1.15. The minimum atomic E-state index is 0. The number of aliphatic hydroxyl groups excluding tert-OH is 1. The molecule has 0 amide bonds. The van der Waals surface area contributed by atoms with Crippen molar-refractivity contribution >= 4 is 0 Å². The van der Waals surface area contributed by atoms with Crippen LogP contribution in [-0.2, 0) is 0 Å². The fourth-order valence-corrected chi connectivity index (χ4v) is 0. The van der Waals surface area contributed by atoms with Crippen LogP contribution in [0.3, 0.4) is 0 Å². The Balaban J connectivity index is -0.0000000575. The Morgan fingerprint density at radius 1 is 1.25 bits per heavy atom. The molecule has 0 rings (SSSR count). The summed E-state index contributed by atoms with van der Waals surface area (Å²) in [7, 11) is 0. The van der Waals surface area contributed by atoms with Crippen molar-refractivity contribution in [2.75, 3.05) is 6.61 Å². The van der Waals surface area contributed by atoms with Gasteiger partial charge in [-0.05, 0) is 6.92 Å². The van der Waals surface area contributed by atoms with Gasteiger partial charge in [0.1, 0.15) is 0 Å². The molecule has 0 bridgehead atoms. The molecule has 0 aromatic rings. The maximum absolute atomic E-state index is 7.57. The molecule has 0 aliphatic heterocycles. The Morgan fingerprint density at radius 3 is 1.25 bits per heavy atom. The molecular formula is C6H15LaO-. The molecule has 2 heteroatoms. The first-order valence-corrected chi connectivity index (χ1v) is 2.52. The maximum Gasteiger partial charge on any atom is 0.0402 e. The van der Waals surface area contributed by atoms with E-state index in [0.717, 1.165) is 0 Å². The molecule has 0 atom stereocenters. The average molecular weight is 242 g/mol. The quantitative estimate of drug-likeness (QED) is 0.640. The minimum Gasteiger partial charge on any atom is -0.397 e. The van der Waals surface area contributed by atoms with Crippen LogP contribution in [0.2, 0.25) is 0 Å². The molecule has 8 heavy (non-hydrogen) atoms. The number of hydrogen-bond donors (Lipinski definition) is 1. The van der Waals surface area contributed by atoms with Gasteiger partial charge in [0.2, 0.25) is 0 Å². The second kappa shape index (κ2) is 15.7. The van der Waals surface area contributed by atoms with Crippen molar-refractivity contribution in [1.29, 1.82) is 0 Å². The van der Waals surface area contributed by atoms with Crippen LogP contribution in [0.4, 0.5) is 0 Å². The third-order valence-electron chi connectivity index (χ3n) is 0. The Bertz CT molecular complexity index is 19.7. The van der Waals surface area contributed by atoms with Crippen LogP contribution >= 0.6 is 0 Å². The first-order valence-electron chi connectivity index (χ1n) is 2.52. The van der Waals surface area contributed by atoms with E-state index in [-0.39, 0.29) is 42.2 Å². The van der Waals surface area contributed by atoms with Gasteiger partial charge >= 0.3 is 0 Å². The van der Waals surface area contributed by atoms with Crippen molar-refractivity contribution < 1.29 is 40.7 Å². The van der Waals surface area contributed by atoms with Gasteiger partial charge in [-0.1, -0.05) is 0 Å². The van der Waals surface area contributed by atoms with E-state index in [0.29, 0.717) is 0 Å². The Kier molecular flexibility index (Phi) is 31.6. The number of aliphatic hydroxyl groups is 1. The molecule has 0 spiro atoms. The summed E-state index contributed by atoms with van der Waals surface area (Å²) < 4.78 is 0. The molecule has 0 heterocycles. The van der Waals surface area contributed by atoms with Gasteiger partial charge in [-0.25, -0.2) is 0 Å². The molecule has 0 fully saturated rings. The van der Waals surface area contributed by atoms with Gasteiger partial charge in [-0.3, -0.25) is 0 Å². The second-order valence-electron chi connectivity index (χ2n) is 1.82. The summed E-state index contributed by atoms with van der Waals surface area (Å²) in [5.74, 6) is 1.42. The molecule has 0 saturated carbocycles. The van der Waals surface area contributed by atoms with E-state index >= 15 is 0 Å². The first-order chi connectivity index (χ1) is 3.15. The van der Waals surface area contributed by atoms with E-state index in [1.54, 1.807) is 6.92 Å². The van der Waals surface area contributed by atoms with E-state index in [4.69, 9.17) is 5.11 Å². The smallest absolute Gasteiger partial charge is 0.0402 e. The predicted octanol–water partition coefficient (Wildman–Crippen LogP) is 1.62. The number of hydrogen-bond acceptors (Lipinski definition) is 1. The largest absolute Gasteiger partial charge is 0.397 e. The van der Waals surface area contributed by atoms with Crippen LogP contribution in [0, 0.1) is 41.5 Å². The van der Waals surface area contributed by atoms with E-state index in [1.165, 1.54) is 5.92 Å². The van der Waals surface area contributed by atoms with Crippen LogP contribution in [0.1, 0.15) is 27.7 Å². The van der Waals surface area contributed by atoms with Gasteiger partial charge in [0, 0.05) is 42.2 Å². The second-order valence-corrected chi connectivity index (χ2v) is 1.82. The van der Waals surface area contributed by atoms with E-state index in [1.807, 2.05) is 0 Å². The van der Waals surface area contributed by atoms with Crippen molar-refractivity contribution in [2.45, 2.75) is 27.7 Å². The van der Waals surface area contributed by atoms with Crippen molar-refractivity contribution in [3.8, 4) is 0 Å². The molecule has 0 unspecified atom stereocenters. The van der Waals surface area contributed by atoms with Crippen LogP contribution in [0.15, 0.2) is 0 Å².